The van der Waals surface area contributed by atoms with E-state index in [2.05, 4.69) is 15.6 Å². The van der Waals surface area contributed by atoms with Gasteiger partial charge in [0, 0.05) is 18.1 Å². The molecule has 0 radical (unpaired) electrons. The van der Waals surface area contributed by atoms with Crippen molar-refractivity contribution in [1.29, 1.82) is 0 Å². The number of aromatic nitrogens is 1. The van der Waals surface area contributed by atoms with Gasteiger partial charge in [-0.2, -0.15) is 0 Å². The molecular formula is C12H11ClFN3OS. The van der Waals surface area contributed by atoms with Crippen LogP contribution in [0.1, 0.15) is 15.2 Å². The van der Waals surface area contributed by atoms with Gasteiger partial charge in [-0.15, -0.1) is 11.3 Å². The first kappa shape index (κ1) is 13.8. The SMILES string of the molecule is CNc1nccc(C(=O)NCc2ccc(Cl)s2)c1F. The minimum Gasteiger partial charge on any atom is -0.371 e. The zero-order chi connectivity index (χ0) is 13.8. The number of hydrogen-bond acceptors (Lipinski definition) is 4. The van der Waals surface area contributed by atoms with E-state index in [0.29, 0.717) is 10.9 Å². The molecule has 0 bridgehead atoms. The average molecular weight is 300 g/mol. The topological polar surface area (TPSA) is 54.0 Å². The van der Waals surface area contributed by atoms with Crippen LogP contribution in [0.4, 0.5) is 10.2 Å². The monoisotopic (exact) mass is 299 g/mol. The lowest BCUT2D eigenvalue weighted by Gasteiger charge is -2.07. The first-order chi connectivity index (χ1) is 9.11. The van der Waals surface area contributed by atoms with E-state index in [-0.39, 0.29) is 11.4 Å². The van der Waals surface area contributed by atoms with Crippen molar-refractivity contribution in [2.24, 2.45) is 0 Å². The number of halogens is 2. The van der Waals surface area contributed by atoms with Crippen molar-refractivity contribution < 1.29 is 9.18 Å². The van der Waals surface area contributed by atoms with Gasteiger partial charge in [-0.3, -0.25) is 4.79 Å². The van der Waals surface area contributed by atoms with E-state index in [9.17, 15) is 9.18 Å². The Kier molecular flexibility index (Phi) is 4.34. The minimum atomic E-state index is -0.660. The third kappa shape index (κ3) is 3.21. The second kappa shape index (κ2) is 5.99. The molecule has 0 aliphatic carbocycles. The van der Waals surface area contributed by atoms with Gasteiger partial charge in [-0.25, -0.2) is 9.37 Å². The maximum Gasteiger partial charge on any atom is 0.254 e. The summed E-state index contributed by atoms with van der Waals surface area (Å²) in [6.07, 6.45) is 1.38. The second-order valence-corrected chi connectivity index (χ2v) is 5.46. The molecule has 2 N–H and O–H groups in total. The highest BCUT2D eigenvalue weighted by Crippen LogP contribution is 2.21. The zero-order valence-corrected chi connectivity index (χ0v) is 11.6. The molecule has 0 saturated carbocycles. The molecule has 0 atom stereocenters. The fourth-order valence-corrected chi connectivity index (χ4v) is 2.53. The van der Waals surface area contributed by atoms with Gasteiger partial charge in [0.15, 0.2) is 11.6 Å². The summed E-state index contributed by atoms with van der Waals surface area (Å²) < 4.78 is 14.5. The summed E-state index contributed by atoms with van der Waals surface area (Å²) in [5, 5.41) is 5.22. The predicted molar refractivity (Wildman–Crippen MR) is 74.2 cm³/mol. The van der Waals surface area contributed by atoms with E-state index in [1.165, 1.54) is 23.6 Å². The first-order valence-corrected chi connectivity index (χ1v) is 6.66. The van der Waals surface area contributed by atoms with Crippen molar-refractivity contribution in [2.45, 2.75) is 6.54 Å². The molecule has 4 nitrogen and oxygen atoms in total. The molecule has 7 heteroatoms. The molecule has 0 saturated heterocycles. The highest BCUT2D eigenvalue weighted by molar-refractivity contribution is 7.16. The van der Waals surface area contributed by atoms with E-state index in [1.807, 2.05) is 6.07 Å². The number of hydrogen-bond donors (Lipinski definition) is 2. The normalized spacial score (nSPS) is 10.3. The van der Waals surface area contributed by atoms with Crippen molar-refractivity contribution >= 4 is 34.7 Å². The fourth-order valence-electron chi connectivity index (χ4n) is 1.50. The summed E-state index contributed by atoms with van der Waals surface area (Å²) in [5.74, 6) is -1.10. The number of thiophene rings is 1. The van der Waals surface area contributed by atoms with Gasteiger partial charge in [-0.05, 0) is 18.2 Å². The third-order valence-corrected chi connectivity index (χ3v) is 3.65. The average Bonchev–Trinajstić information content (AvgIpc) is 2.82. The Morgan fingerprint density at radius 2 is 2.26 bits per heavy atom. The predicted octanol–water partition coefficient (Wildman–Crippen LogP) is 2.91. The highest BCUT2D eigenvalue weighted by atomic mass is 35.5. The maximum atomic E-state index is 13.8. The Bertz CT molecular complexity index is 602. The molecule has 1 amide bonds. The Hall–Kier alpha value is -1.66. The molecule has 0 unspecified atom stereocenters. The molecular weight excluding hydrogens is 289 g/mol. The Balaban J connectivity index is 2.08. The highest BCUT2D eigenvalue weighted by Gasteiger charge is 2.15. The summed E-state index contributed by atoms with van der Waals surface area (Å²) in [5.41, 5.74) is -0.0398. The number of rotatable bonds is 4. The minimum absolute atomic E-state index is 0.0398. The number of anilines is 1. The molecule has 0 spiro atoms. The van der Waals surface area contributed by atoms with Crippen LogP contribution < -0.4 is 10.6 Å². The smallest absolute Gasteiger partial charge is 0.254 e. The number of amides is 1. The molecule has 19 heavy (non-hydrogen) atoms. The van der Waals surface area contributed by atoms with Gasteiger partial charge < -0.3 is 10.6 Å². The van der Waals surface area contributed by atoms with Crippen molar-refractivity contribution in [3.8, 4) is 0 Å². The molecule has 100 valence electrons. The summed E-state index contributed by atoms with van der Waals surface area (Å²) in [7, 11) is 1.54. The molecule has 0 aliphatic rings. The van der Waals surface area contributed by atoms with Gasteiger partial charge >= 0.3 is 0 Å². The molecule has 0 aromatic carbocycles. The van der Waals surface area contributed by atoms with Crippen LogP contribution in [0.5, 0.6) is 0 Å². The standard InChI is InChI=1S/C12H11ClFN3OS/c1-15-11-10(14)8(4-5-16-11)12(18)17-6-7-2-3-9(13)19-7/h2-5H,6H2,1H3,(H,15,16)(H,17,18). The summed E-state index contributed by atoms with van der Waals surface area (Å²) in [6.45, 7) is 0.312. The van der Waals surface area contributed by atoms with Crippen molar-refractivity contribution in [1.82, 2.24) is 10.3 Å². The Labute approximate surface area is 118 Å². The van der Waals surface area contributed by atoms with Gasteiger partial charge in [0.2, 0.25) is 0 Å². The lowest BCUT2D eigenvalue weighted by atomic mass is 10.2. The number of carbonyl (C=O) groups is 1. The van der Waals surface area contributed by atoms with Crippen molar-refractivity contribution in [2.75, 3.05) is 12.4 Å². The fraction of sp³-hybridized carbons (Fsp3) is 0.167. The number of pyridine rings is 1. The van der Waals surface area contributed by atoms with Crippen LogP contribution in [0.3, 0.4) is 0 Å². The summed E-state index contributed by atoms with van der Waals surface area (Å²) in [4.78, 5) is 16.6. The van der Waals surface area contributed by atoms with Crippen LogP contribution in [0.15, 0.2) is 24.4 Å². The van der Waals surface area contributed by atoms with Crippen LogP contribution in [0, 0.1) is 5.82 Å². The molecule has 2 aromatic rings. The van der Waals surface area contributed by atoms with Crippen LogP contribution in [0.2, 0.25) is 4.34 Å². The first-order valence-electron chi connectivity index (χ1n) is 5.46. The largest absolute Gasteiger partial charge is 0.371 e. The van der Waals surface area contributed by atoms with Crippen LogP contribution in [-0.2, 0) is 6.54 Å². The molecule has 0 aliphatic heterocycles. The van der Waals surface area contributed by atoms with Gasteiger partial charge in [-0.1, -0.05) is 11.6 Å². The third-order valence-electron chi connectivity index (χ3n) is 2.42. The molecule has 2 heterocycles. The maximum absolute atomic E-state index is 13.8. The van der Waals surface area contributed by atoms with Gasteiger partial charge in [0.1, 0.15) is 0 Å². The van der Waals surface area contributed by atoms with Gasteiger partial charge in [0.25, 0.3) is 5.91 Å². The van der Waals surface area contributed by atoms with E-state index in [0.717, 1.165) is 4.88 Å². The van der Waals surface area contributed by atoms with Crippen LogP contribution >= 0.6 is 22.9 Å². The van der Waals surface area contributed by atoms with E-state index in [1.54, 1.807) is 13.1 Å². The number of nitrogens with zero attached hydrogens (tertiary/aromatic N) is 1. The quantitative estimate of drug-likeness (QED) is 0.913. The van der Waals surface area contributed by atoms with E-state index < -0.39 is 11.7 Å². The van der Waals surface area contributed by atoms with Crippen molar-refractivity contribution in [3.05, 3.63) is 45.0 Å². The zero-order valence-electron chi connectivity index (χ0n) is 10.0. The molecule has 2 aromatic heterocycles. The van der Waals surface area contributed by atoms with Crippen molar-refractivity contribution in [3.63, 3.8) is 0 Å². The lowest BCUT2D eigenvalue weighted by molar-refractivity contribution is 0.0947. The number of carbonyl (C=O) groups excluding carboxylic acids is 1. The van der Waals surface area contributed by atoms with E-state index in [4.69, 9.17) is 11.6 Å². The van der Waals surface area contributed by atoms with E-state index >= 15 is 0 Å². The Morgan fingerprint density at radius 3 is 2.89 bits per heavy atom. The van der Waals surface area contributed by atoms with Crippen LogP contribution in [0.25, 0.3) is 0 Å². The Morgan fingerprint density at radius 1 is 1.47 bits per heavy atom. The molecule has 0 fully saturated rings. The van der Waals surface area contributed by atoms with Gasteiger partial charge in [0.05, 0.1) is 16.4 Å². The number of nitrogens with one attached hydrogen (secondary N) is 2. The lowest BCUT2D eigenvalue weighted by Crippen LogP contribution is -2.23. The summed E-state index contributed by atoms with van der Waals surface area (Å²) in [6, 6.07) is 4.90. The molecule has 2 rings (SSSR count). The summed E-state index contributed by atoms with van der Waals surface area (Å²) >= 11 is 7.16. The second-order valence-electron chi connectivity index (χ2n) is 3.66. The van der Waals surface area contributed by atoms with Crippen LogP contribution in [-0.4, -0.2) is 17.9 Å².